The summed E-state index contributed by atoms with van der Waals surface area (Å²) in [6.45, 7) is 0. The van der Waals surface area contributed by atoms with Gasteiger partial charge in [0.05, 0.1) is 22.3 Å². The standard InChI is InChI=1S/C11H9ClN6/c12-8-2-1-7(6-13)5-9(8)16-10-3-4-15-11(17-10)18-14/h1-5H,14H2,(H2,15,16,17,18). The summed E-state index contributed by atoms with van der Waals surface area (Å²) in [5, 5.41) is 12.3. The van der Waals surface area contributed by atoms with Crippen LogP contribution in [-0.2, 0) is 0 Å². The molecule has 90 valence electrons. The zero-order chi connectivity index (χ0) is 13.0. The van der Waals surface area contributed by atoms with Crippen LogP contribution in [0.5, 0.6) is 0 Å². The highest BCUT2D eigenvalue weighted by atomic mass is 35.5. The number of benzene rings is 1. The summed E-state index contributed by atoms with van der Waals surface area (Å²) in [6.07, 6.45) is 1.55. The number of hydrogen-bond acceptors (Lipinski definition) is 6. The first-order valence-corrected chi connectivity index (χ1v) is 5.37. The SMILES string of the molecule is N#Cc1ccc(Cl)c(Nc2ccnc(NN)n2)c1. The Morgan fingerprint density at radius 2 is 2.17 bits per heavy atom. The normalized spacial score (nSPS) is 9.61. The summed E-state index contributed by atoms with van der Waals surface area (Å²) in [7, 11) is 0. The molecule has 0 aliphatic rings. The zero-order valence-electron chi connectivity index (χ0n) is 9.18. The molecule has 0 aliphatic carbocycles. The van der Waals surface area contributed by atoms with Gasteiger partial charge in [-0.2, -0.15) is 10.2 Å². The van der Waals surface area contributed by atoms with E-state index in [-0.39, 0.29) is 5.95 Å². The van der Waals surface area contributed by atoms with Gasteiger partial charge in [-0.1, -0.05) is 11.6 Å². The third kappa shape index (κ3) is 2.66. The number of rotatable bonds is 3. The largest absolute Gasteiger partial charge is 0.339 e. The van der Waals surface area contributed by atoms with Gasteiger partial charge >= 0.3 is 0 Å². The predicted octanol–water partition coefficient (Wildman–Crippen LogP) is 2.03. The molecule has 18 heavy (non-hydrogen) atoms. The summed E-state index contributed by atoms with van der Waals surface area (Å²) in [5.74, 6) is 6.02. The number of nitrogen functional groups attached to an aromatic ring is 1. The number of hydrogen-bond donors (Lipinski definition) is 3. The number of nitriles is 1. The smallest absolute Gasteiger partial charge is 0.239 e. The summed E-state index contributed by atoms with van der Waals surface area (Å²) < 4.78 is 0. The molecule has 2 rings (SSSR count). The average molecular weight is 261 g/mol. The van der Waals surface area contributed by atoms with Crippen LogP contribution in [0.3, 0.4) is 0 Å². The minimum Gasteiger partial charge on any atom is -0.339 e. The van der Waals surface area contributed by atoms with E-state index in [0.717, 1.165) is 0 Å². The van der Waals surface area contributed by atoms with E-state index in [1.807, 2.05) is 6.07 Å². The molecule has 0 unspecified atom stereocenters. The Labute approximate surface area is 108 Å². The molecule has 0 aliphatic heterocycles. The van der Waals surface area contributed by atoms with Gasteiger partial charge in [0.25, 0.3) is 0 Å². The molecule has 1 aromatic heterocycles. The van der Waals surface area contributed by atoms with E-state index in [9.17, 15) is 0 Å². The quantitative estimate of drug-likeness (QED) is 0.577. The van der Waals surface area contributed by atoms with E-state index in [4.69, 9.17) is 22.7 Å². The second-order valence-corrected chi connectivity index (χ2v) is 3.75. The summed E-state index contributed by atoms with van der Waals surface area (Å²) in [5.41, 5.74) is 3.45. The van der Waals surface area contributed by atoms with Gasteiger partial charge in [0, 0.05) is 6.20 Å². The highest BCUT2D eigenvalue weighted by molar-refractivity contribution is 6.33. The fraction of sp³-hybridized carbons (Fsp3) is 0. The number of aromatic nitrogens is 2. The van der Waals surface area contributed by atoms with Crippen molar-refractivity contribution < 1.29 is 0 Å². The van der Waals surface area contributed by atoms with Crippen molar-refractivity contribution in [1.82, 2.24) is 9.97 Å². The van der Waals surface area contributed by atoms with Crippen LogP contribution in [0, 0.1) is 11.3 Å². The van der Waals surface area contributed by atoms with Crippen LogP contribution < -0.4 is 16.6 Å². The average Bonchev–Trinajstić information content (AvgIpc) is 2.41. The fourth-order valence-electron chi connectivity index (χ4n) is 1.33. The van der Waals surface area contributed by atoms with Crippen LogP contribution in [0.15, 0.2) is 30.5 Å². The van der Waals surface area contributed by atoms with E-state index in [1.165, 1.54) is 0 Å². The number of halogens is 1. The van der Waals surface area contributed by atoms with E-state index in [2.05, 4.69) is 20.7 Å². The van der Waals surface area contributed by atoms with Gasteiger partial charge in [0.2, 0.25) is 5.95 Å². The van der Waals surface area contributed by atoms with Crippen molar-refractivity contribution in [2.45, 2.75) is 0 Å². The number of hydrazine groups is 1. The first kappa shape index (κ1) is 12.1. The summed E-state index contributed by atoms with van der Waals surface area (Å²) in [6, 6.07) is 8.62. The Kier molecular flexibility index (Phi) is 3.57. The first-order chi connectivity index (χ1) is 8.72. The van der Waals surface area contributed by atoms with Crippen molar-refractivity contribution in [1.29, 1.82) is 5.26 Å². The van der Waals surface area contributed by atoms with Gasteiger partial charge in [0.15, 0.2) is 0 Å². The molecule has 0 atom stereocenters. The molecule has 7 heteroatoms. The maximum Gasteiger partial charge on any atom is 0.239 e. The molecule has 0 amide bonds. The van der Waals surface area contributed by atoms with Crippen LogP contribution in [0.25, 0.3) is 0 Å². The second-order valence-electron chi connectivity index (χ2n) is 3.34. The Morgan fingerprint density at radius 1 is 1.33 bits per heavy atom. The minimum absolute atomic E-state index is 0.285. The molecule has 2 aromatic rings. The molecule has 1 aromatic carbocycles. The lowest BCUT2D eigenvalue weighted by Crippen LogP contribution is -2.10. The van der Waals surface area contributed by atoms with Crippen LogP contribution in [0.1, 0.15) is 5.56 Å². The van der Waals surface area contributed by atoms with E-state index >= 15 is 0 Å². The maximum atomic E-state index is 8.83. The van der Waals surface area contributed by atoms with Crippen LogP contribution in [0.2, 0.25) is 5.02 Å². The summed E-state index contributed by atoms with van der Waals surface area (Å²) in [4.78, 5) is 7.97. The van der Waals surface area contributed by atoms with Crippen LogP contribution in [-0.4, -0.2) is 9.97 Å². The van der Waals surface area contributed by atoms with Crippen molar-refractivity contribution >= 4 is 29.1 Å². The lowest BCUT2D eigenvalue weighted by molar-refractivity contribution is 1.12. The lowest BCUT2D eigenvalue weighted by Gasteiger charge is -2.08. The molecular weight excluding hydrogens is 252 g/mol. The molecule has 1 heterocycles. The number of anilines is 3. The minimum atomic E-state index is 0.285. The highest BCUT2D eigenvalue weighted by Crippen LogP contribution is 2.25. The van der Waals surface area contributed by atoms with Crippen molar-refractivity contribution in [2.75, 3.05) is 10.7 Å². The topological polar surface area (TPSA) is 99.7 Å². The number of nitrogens with zero attached hydrogens (tertiary/aromatic N) is 3. The molecule has 0 saturated carbocycles. The van der Waals surface area contributed by atoms with Gasteiger partial charge in [-0.25, -0.2) is 10.8 Å². The maximum absolute atomic E-state index is 8.83. The third-order valence-electron chi connectivity index (χ3n) is 2.14. The van der Waals surface area contributed by atoms with Crippen molar-refractivity contribution in [2.24, 2.45) is 5.84 Å². The molecule has 6 nitrogen and oxygen atoms in total. The Bertz CT molecular complexity index is 607. The van der Waals surface area contributed by atoms with Gasteiger partial charge in [-0.3, -0.25) is 5.43 Å². The lowest BCUT2D eigenvalue weighted by atomic mass is 10.2. The van der Waals surface area contributed by atoms with E-state index in [1.54, 1.807) is 30.5 Å². The second kappa shape index (κ2) is 5.31. The van der Waals surface area contributed by atoms with Gasteiger partial charge < -0.3 is 5.32 Å². The molecule has 0 spiro atoms. The third-order valence-corrected chi connectivity index (χ3v) is 2.47. The molecule has 0 fully saturated rings. The van der Waals surface area contributed by atoms with Crippen LogP contribution in [0.4, 0.5) is 17.5 Å². The fourth-order valence-corrected chi connectivity index (χ4v) is 1.49. The van der Waals surface area contributed by atoms with Gasteiger partial charge in [0.1, 0.15) is 5.82 Å². The zero-order valence-corrected chi connectivity index (χ0v) is 9.94. The van der Waals surface area contributed by atoms with E-state index in [0.29, 0.717) is 22.1 Å². The molecular formula is C11H9ClN6. The Hall–Kier alpha value is -2.36. The summed E-state index contributed by atoms with van der Waals surface area (Å²) >= 11 is 6.02. The van der Waals surface area contributed by atoms with Crippen molar-refractivity contribution in [3.8, 4) is 6.07 Å². The number of nitrogens with two attached hydrogens (primary N) is 1. The Balaban J connectivity index is 2.30. The monoisotopic (exact) mass is 260 g/mol. The van der Waals surface area contributed by atoms with Crippen LogP contribution >= 0.6 is 11.6 Å². The predicted molar refractivity (Wildman–Crippen MR) is 69.3 cm³/mol. The molecule has 4 N–H and O–H groups in total. The van der Waals surface area contributed by atoms with E-state index < -0.39 is 0 Å². The first-order valence-electron chi connectivity index (χ1n) is 4.99. The van der Waals surface area contributed by atoms with Gasteiger partial charge in [-0.15, -0.1) is 0 Å². The number of nitrogens with one attached hydrogen (secondary N) is 2. The van der Waals surface area contributed by atoms with Gasteiger partial charge in [-0.05, 0) is 24.3 Å². The molecule has 0 radical (unpaired) electrons. The molecule has 0 saturated heterocycles. The molecule has 0 bridgehead atoms. The highest BCUT2D eigenvalue weighted by Gasteiger charge is 2.04. The van der Waals surface area contributed by atoms with Crippen molar-refractivity contribution in [3.63, 3.8) is 0 Å². The van der Waals surface area contributed by atoms with Crippen molar-refractivity contribution in [3.05, 3.63) is 41.0 Å². The Morgan fingerprint density at radius 3 is 2.89 bits per heavy atom.